The minimum atomic E-state index is -0.785. The molecule has 4 aliphatic heterocycles. The number of fused-ring (bicyclic) bond motifs is 3. The summed E-state index contributed by atoms with van der Waals surface area (Å²) in [6.07, 6.45) is 5.79. The van der Waals surface area contributed by atoms with Crippen LogP contribution in [-0.4, -0.2) is 98.5 Å². The second kappa shape index (κ2) is 13.5. The summed E-state index contributed by atoms with van der Waals surface area (Å²) in [5.41, 5.74) is -0.00780. The average molecular weight is 693 g/mol. The number of benzene rings is 1. The van der Waals surface area contributed by atoms with Gasteiger partial charge >= 0.3 is 6.09 Å². The van der Waals surface area contributed by atoms with Crippen molar-refractivity contribution < 1.29 is 31.0 Å². The van der Waals surface area contributed by atoms with Crippen LogP contribution in [-0.2, 0) is 9.53 Å². The molecule has 0 N–H and O–H groups in total. The van der Waals surface area contributed by atoms with Crippen molar-refractivity contribution in [2.45, 2.75) is 110 Å². The molecule has 4 saturated heterocycles. The number of hydrogen-bond donors (Lipinski definition) is 0. The number of piperidine rings is 3. The van der Waals surface area contributed by atoms with Gasteiger partial charge in [-0.05, 0) is 98.8 Å². The molecule has 0 radical (unpaired) electrons. The number of carbonyl (C=O) groups is 3. The third-order valence-corrected chi connectivity index (χ3v) is 10.5. The Labute approximate surface area is 297 Å². The minimum Gasteiger partial charge on any atom is -0.451 e. The van der Waals surface area contributed by atoms with Gasteiger partial charge in [0.1, 0.15) is 29.5 Å². The molecule has 2 bridgehead atoms. The zero-order valence-corrected chi connectivity index (χ0v) is 30.2. The maximum Gasteiger partial charge on any atom is 0.411 e. The number of carbonyl (C=O) groups excluding carboxylic acids is 3. The molecule has 1 spiro atoms. The lowest BCUT2D eigenvalue weighted by Crippen LogP contribution is -2.66. The quantitative estimate of drug-likeness (QED) is 0.305. The van der Waals surface area contributed by atoms with Crippen LogP contribution in [0.4, 0.5) is 15.0 Å². The molecule has 3 amide bonds. The zero-order valence-electron chi connectivity index (χ0n) is 32.2. The lowest BCUT2D eigenvalue weighted by Gasteiger charge is -2.56. The predicted molar refractivity (Wildman–Crippen MR) is 188 cm³/mol. The Morgan fingerprint density at radius 1 is 1.08 bits per heavy atom. The van der Waals surface area contributed by atoms with Crippen LogP contribution in [0.3, 0.4) is 0 Å². The number of likely N-dealkylation sites (tertiary alicyclic amines) is 1. The molecular weight excluding hydrogens is 639 g/mol. The van der Waals surface area contributed by atoms with Gasteiger partial charge in [-0.3, -0.25) is 14.5 Å². The molecular formula is C38H51FN6O5. The van der Waals surface area contributed by atoms with Crippen LogP contribution in [0.2, 0.25) is 0 Å². The molecule has 2 aromatic rings. The number of aromatic nitrogens is 2. The van der Waals surface area contributed by atoms with Crippen LogP contribution >= 0.6 is 0 Å². The van der Waals surface area contributed by atoms with Gasteiger partial charge in [0.15, 0.2) is 11.6 Å². The molecule has 3 atom stereocenters. The van der Waals surface area contributed by atoms with Crippen LogP contribution < -0.4 is 9.64 Å². The summed E-state index contributed by atoms with van der Waals surface area (Å²) in [5.74, 6) is -0.235. The molecule has 5 fully saturated rings. The highest BCUT2D eigenvalue weighted by atomic mass is 19.1. The van der Waals surface area contributed by atoms with E-state index in [4.69, 9.17) is 12.2 Å². The number of rotatable bonds is 7. The van der Waals surface area contributed by atoms with Crippen molar-refractivity contribution in [3.63, 3.8) is 0 Å². The van der Waals surface area contributed by atoms with Crippen molar-refractivity contribution >= 4 is 23.7 Å². The third kappa shape index (κ3) is 6.90. The molecule has 50 heavy (non-hydrogen) atoms. The number of amides is 3. The van der Waals surface area contributed by atoms with E-state index in [1.807, 2.05) is 32.6 Å². The number of hydrogen-bond acceptors (Lipinski definition) is 8. The Morgan fingerprint density at radius 3 is 2.42 bits per heavy atom. The molecule has 1 aromatic carbocycles. The number of nitrogens with zero attached hydrogens (tertiary/aromatic N) is 6. The molecule has 5 aliphatic rings. The maximum atomic E-state index is 14.4. The van der Waals surface area contributed by atoms with Crippen LogP contribution in [0, 0.1) is 17.2 Å². The van der Waals surface area contributed by atoms with Crippen LogP contribution in [0.15, 0.2) is 42.8 Å². The minimum absolute atomic E-state index is 0.0535. The van der Waals surface area contributed by atoms with E-state index in [-0.39, 0.29) is 59.1 Å². The van der Waals surface area contributed by atoms with E-state index in [0.717, 1.165) is 12.8 Å². The molecule has 5 heterocycles. The van der Waals surface area contributed by atoms with Crippen LogP contribution in [0.5, 0.6) is 11.5 Å². The summed E-state index contributed by atoms with van der Waals surface area (Å²) in [7, 11) is 0. The van der Waals surface area contributed by atoms with Crippen LogP contribution in [0.25, 0.3) is 0 Å². The Balaban J connectivity index is 1.14. The lowest BCUT2D eigenvalue weighted by molar-refractivity contribution is -0.146. The van der Waals surface area contributed by atoms with Gasteiger partial charge in [-0.15, -0.1) is 0 Å². The van der Waals surface area contributed by atoms with E-state index in [1.165, 1.54) is 24.5 Å². The average Bonchev–Trinajstić information content (AvgIpc) is 3.06. The summed E-state index contributed by atoms with van der Waals surface area (Å²) < 4.78 is 42.7. The van der Waals surface area contributed by atoms with Crippen molar-refractivity contribution in [3.8, 4) is 11.5 Å². The zero-order chi connectivity index (χ0) is 37.7. The van der Waals surface area contributed by atoms with E-state index >= 15 is 0 Å². The van der Waals surface area contributed by atoms with Gasteiger partial charge in [-0.25, -0.2) is 19.2 Å². The first-order valence-corrected chi connectivity index (χ1v) is 17.8. The molecule has 0 unspecified atom stereocenters. The topological polar surface area (TPSA) is 108 Å². The second-order valence-corrected chi connectivity index (χ2v) is 15.9. The van der Waals surface area contributed by atoms with Gasteiger partial charge in [0.25, 0.3) is 5.91 Å². The molecule has 1 aliphatic carbocycles. The Kier molecular flexibility index (Phi) is 8.89. The normalized spacial score (nSPS) is 23.4. The fraction of sp³-hybridized carbons (Fsp3) is 0.605. The maximum absolute atomic E-state index is 14.4. The fourth-order valence-corrected chi connectivity index (χ4v) is 8.25. The van der Waals surface area contributed by atoms with Gasteiger partial charge in [-0.2, -0.15) is 0 Å². The highest BCUT2D eigenvalue weighted by Crippen LogP contribution is 2.47. The van der Waals surface area contributed by atoms with Crippen molar-refractivity contribution in [1.29, 1.82) is 0 Å². The predicted octanol–water partition coefficient (Wildman–Crippen LogP) is 6.44. The Hall–Kier alpha value is -4.22. The molecule has 12 heteroatoms. The third-order valence-electron chi connectivity index (χ3n) is 10.5. The van der Waals surface area contributed by atoms with Crippen molar-refractivity contribution in [2.75, 3.05) is 31.1 Å². The summed E-state index contributed by atoms with van der Waals surface area (Å²) in [5, 5.41) is 0. The number of halogens is 1. The largest absolute Gasteiger partial charge is 0.451 e. The van der Waals surface area contributed by atoms with Crippen molar-refractivity contribution in [1.82, 2.24) is 24.7 Å². The Bertz CT molecular complexity index is 1720. The fourth-order valence-electron chi connectivity index (χ4n) is 8.25. The number of anilines is 1. The van der Waals surface area contributed by atoms with Crippen molar-refractivity contribution in [3.05, 3.63) is 54.2 Å². The van der Waals surface area contributed by atoms with Crippen molar-refractivity contribution in [2.24, 2.45) is 11.3 Å². The molecule has 270 valence electrons. The van der Waals surface area contributed by atoms with Crippen LogP contribution in [0.1, 0.15) is 93.7 Å². The first kappa shape index (κ1) is 33.0. The summed E-state index contributed by atoms with van der Waals surface area (Å²) in [6.45, 7) is 15.2. The van der Waals surface area contributed by atoms with Gasteiger partial charge < -0.3 is 24.2 Å². The summed E-state index contributed by atoms with van der Waals surface area (Å²) in [6, 6.07) is 2.66. The number of ether oxygens (including phenoxy) is 2. The molecule has 11 nitrogen and oxygen atoms in total. The first-order chi connectivity index (χ1) is 24.5. The van der Waals surface area contributed by atoms with E-state index in [2.05, 4.69) is 14.9 Å². The molecule has 1 aromatic heterocycles. The second-order valence-electron chi connectivity index (χ2n) is 15.9. The standard InChI is InChI=1S/C38H51FN6O5/c1-23(2)44(24(3)4)34(46)29-18-26(39)9-12-30(29)49-31-19-40-22-41-33(31)43-20-38(21-43)13-15-42(16-14-38)35(47)32-28-11-10-27(17-25(28)5)45(32)36(48)50-37(6,7)8/h9,12,18-19,22-24,27-28,32H,5,10-11,13-17,20-21H2,1-4,6-8H3/t27-,28+,32-/m0/s1/i5D2. The highest BCUT2D eigenvalue weighted by Gasteiger charge is 2.53. The SMILES string of the molecule is [2H]C([2H])=C1C[C@@H]2CC[C@H]1[C@@H](C(=O)N1CCC3(CC1)CN(c1ncncc1Oc1ccc(F)cc1C(=O)N(C(C)C)C(C)C)C3)N2C(=O)OC(C)(C)C. The monoisotopic (exact) mass is 692 g/mol. The van der Waals surface area contributed by atoms with E-state index in [0.29, 0.717) is 62.6 Å². The summed E-state index contributed by atoms with van der Waals surface area (Å²) in [4.78, 5) is 57.3. The van der Waals surface area contributed by atoms with Gasteiger partial charge in [0.2, 0.25) is 5.91 Å². The van der Waals surface area contributed by atoms with E-state index in [9.17, 15) is 18.8 Å². The van der Waals surface area contributed by atoms with Gasteiger partial charge in [-0.1, -0.05) is 12.1 Å². The van der Waals surface area contributed by atoms with E-state index in [1.54, 1.807) is 36.8 Å². The van der Waals surface area contributed by atoms with Gasteiger partial charge in [0.05, 0.1) is 14.5 Å². The van der Waals surface area contributed by atoms with E-state index < -0.39 is 23.6 Å². The Morgan fingerprint density at radius 2 is 1.78 bits per heavy atom. The summed E-state index contributed by atoms with van der Waals surface area (Å²) >= 11 is 0. The molecule has 7 rings (SSSR count). The molecule has 1 saturated carbocycles. The van der Waals surface area contributed by atoms with Gasteiger partial charge in [0, 0.05) is 55.6 Å². The first-order valence-electron chi connectivity index (χ1n) is 18.8. The highest BCUT2D eigenvalue weighted by molar-refractivity contribution is 5.97. The smallest absolute Gasteiger partial charge is 0.411 e. The lowest BCUT2D eigenvalue weighted by atomic mass is 9.70.